The summed E-state index contributed by atoms with van der Waals surface area (Å²) in [6, 6.07) is 0.743. The number of pyridine rings is 1. The molecule has 0 saturated heterocycles. The number of aromatic nitrogens is 1. The van der Waals surface area contributed by atoms with Crippen LogP contribution in [-0.4, -0.2) is 27.4 Å². The average Bonchev–Trinajstić information content (AvgIpc) is 2.61. The molecule has 0 aromatic carbocycles. The van der Waals surface area contributed by atoms with E-state index in [1.165, 1.54) is 0 Å². The maximum atomic E-state index is 12.8. The highest BCUT2D eigenvalue weighted by molar-refractivity contribution is 7.80. The van der Waals surface area contributed by atoms with Crippen LogP contribution < -0.4 is 10.6 Å². The Kier molecular flexibility index (Phi) is 3.70. The number of carbonyl (C=O) groups excluding carboxylic acids is 1. The van der Waals surface area contributed by atoms with Crippen molar-refractivity contribution in [3.05, 3.63) is 29.6 Å². The van der Waals surface area contributed by atoms with Crippen molar-refractivity contribution in [2.24, 2.45) is 4.99 Å². The lowest BCUT2D eigenvalue weighted by Crippen LogP contribution is -2.41. The Morgan fingerprint density at radius 1 is 1.43 bits per heavy atom. The summed E-state index contributed by atoms with van der Waals surface area (Å²) in [4.78, 5) is 20.0. The number of halogens is 3. The zero-order valence-corrected chi connectivity index (χ0v) is 11.9. The van der Waals surface area contributed by atoms with Crippen LogP contribution in [0.25, 0.3) is 0 Å². The number of nitrogens with zero attached hydrogens (tertiary/aromatic N) is 2. The summed E-state index contributed by atoms with van der Waals surface area (Å²) in [5.41, 5.74) is -2.35. The first kappa shape index (κ1) is 15.4. The molecule has 1 aromatic heterocycles. The molecule has 112 valence electrons. The van der Waals surface area contributed by atoms with E-state index in [9.17, 15) is 18.0 Å². The second-order valence-electron chi connectivity index (χ2n) is 4.85. The number of amides is 1. The van der Waals surface area contributed by atoms with Crippen molar-refractivity contribution in [1.29, 1.82) is 0 Å². The van der Waals surface area contributed by atoms with Crippen LogP contribution in [0.5, 0.6) is 0 Å². The molecule has 0 unspecified atom stereocenters. The summed E-state index contributed by atoms with van der Waals surface area (Å²) < 4.78 is 38.5. The molecule has 5 nitrogen and oxygen atoms in total. The van der Waals surface area contributed by atoms with Crippen LogP contribution in [0.15, 0.2) is 23.5 Å². The first-order valence-corrected chi connectivity index (χ1v) is 6.26. The number of rotatable bonds is 1. The number of carbonyl (C=O) groups is 1. The van der Waals surface area contributed by atoms with Crippen molar-refractivity contribution in [3.63, 3.8) is 0 Å². The predicted octanol–water partition coefficient (Wildman–Crippen LogP) is 1.90. The highest BCUT2D eigenvalue weighted by Crippen LogP contribution is 2.31. The molecule has 0 spiro atoms. The van der Waals surface area contributed by atoms with Crippen LogP contribution >= 0.6 is 12.2 Å². The second kappa shape index (κ2) is 5.06. The molecule has 21 heavy (non-hydrogen) atoms. The Hall–Kier alpha value is -2.03. The van der Waals surface area contributed by atoms with Gasteiger partial charge in [0.1, 0.15) is 10.5 Å². The molecular weight excluding hydrogens is 305 g/mol. The lowest BCUT2D eigenvalue weighted by atomic mass is 10.1. The molecule has 0 aliphatic carbocycles. The lowest BCUT2D eigenvalue weighted by Gasteiger charge is -2.12. The van der Waals surface area contributed by atoms with Crippen molar-refractivity contribution in [2.75, 3.05) is 0 Å². The molecule has 2 rings (SSSR count). The van der Waals surface area contributed by atoms with E-state index in [0.29, 0.717) is 4.99 Å². The van der Waals surface area contributed by atoms with Gasteiger partial charge in [0.2, 0.25) is 5.96 Å². The fourth-order valence-corrected chi connectivity index (χ4v) is 1.82. The van der Waals surface area contributed by atoms with Gasteiger partial charge in [0.15, 0.2) is 0 Å². The first-order valence-electron chi connectivity index (χ1n) is 5.85. The maximum absolute atomic E-state index is 12.8. The maximum Gasteiger partial charge on any atom is 0.417 e. The number of guanidine groups is 1. The van der Waals surface area contributed by atoms with Gasteiger partial charge >= 0.3 is 6.18 Å². The van der Waals surface area contributed by atoms with E-state index in [-0.39, 0.29) is 5.96 Å². The van der Waals surface area contributed by atoms with E-state index < -0.39 is 28.7 Å². The number of hydrogen-bond acceptors (Lipinski definition) is 4. The summed E-state index contributed by atoms with van der Waals surface area (Å²) in [5, 5.41) is 4.92. The minimum absolute atomic E-state index is 0.0203. The highest BCUT2D eigenvalue weighted by Gasteiger charge is 2.36. The third kappa shape index (κ3) is 3.18. The summed E-state index contributed by atoms with van der Waals surface area (Å²) >= 11 is 5.02. The third-order valence-corrected chi connectivity index (χ3v) is 3.38. The first-order chi connectivity index (χ1) is 9.61. The van der Waals surface area contributed by atoms with Gasteiger partial charge in [-0.05, 0) is 19.9 Å². The largest absolute Gasteiger partial charge is 0.417 e. The Labute approximate surface area is 123 Å². The molecule has 0 fully saturated rings. The van der Waals surface area contributed by atoms with Crippen molar-refractivity contribution in [1.82, 2.24) is 15.6 Å². The molecule has 1 aliphatic heterocycles. The monoisotopic (exact) mass is 316 g/mol. The molecular formula is C12H11F3N4OS. The van der Waals surface area contributed by atoms with E-state index in [1.807, 2.05) is 0 Å². The van der Waals surface area contributed by atoms with E-state index in [2.05, 4.69) is 20.6 Å². The smallest absolute Gasteiger partial charge is 0.318 e. The fraction of sp³-hybridized carbons (Fsp3) is 0.333. The number of hydrogen-bond donors (Lipinski definition) is 2. The van der Waals surface area contributed by atoms with Crippen molar-refractivity contribution in [2.45, 2.75) is 25.6 Å². The van der Waals surface area contributed by atoms with Crippen LogP contribution in [0.2, 0.25) is 0 Å². The summed E-state index contributed by atoms with van der Waals surface area (Å²) in [7, 11) is 0. The number of thiocarbonyl (C=S) groups is 1. The van der Waals surface area contributed by atoms with E-state index >= 15 is 0 Å². The van der Waals surface area contributed by atoms with Gasteiger partial charge in [0.05, 0.1) is 11.1 Å². The van der Waals surface area contributed by atoms with Gasteiger partial charge in [-0.3, -0.25) is 15.1 Å². The second-order valence-corrected chi connectivity index (χ2v) is 5.25. The minimum atomic E-state index is -4.64. The van der Waals surface area contributed by atoms with Gasteiger partial charge in [-0.2, -0.15) is 13.2 Å². The normalized spacial score (nSPS) is 17.2. The molecule has 1 amide bonds. The molecule has 1 aliphatic rings. The standard InChI is InChI=1S/C12H11F3N4OS/c1-11(2)9(21)18-10(19-11)17-8(20)6-5-16-4-3-7(6)12(13,14)15/h3-5H,1-2H3,(H2,17,18,19,20,21). The van der Waals surface area contributed by atoms with Gasteiger partial charge in [-0.25, -0.2) is 4.99 Å². The average molecular weight is 316 g/mol. The van der Waals surface area contributed by atoms with Crippen molar-refractivity contribution in [3.8, 4) is 0 Å². The Morgan fingerprint density at radius 3 is 2.62 bits per heavy atom. The molecule has 9 heteroatoms. The van der Waals surface area contributed by atoms with E-state index in [1.54, 1.807) is 13.8 Å². The van der Waals surface area contributed by atoms with Crippen LogP contribution in [0, 0.1) is 0 Å². The zero-order chi connectivity index (χ0) is 15.8. The van der Waals surface area contributed by atoms with Crippen molar-refractivity contribution < 1.29 is 18.0 Å². The van der Waals surface area contributed by atoms with Gasteiger partial charge < -0.3 is 5.32 Å². The van der Waals surface area contributed by atoms with Crippen LogP contribution in [0.4, 0.5) is 13.2 Å². The van der Waals surface area contributed by atoms with Gasteiger partial charge in [-0.15, -0.1) is 0 Å². The molecule has 0 atom stereocenters. The van der Waals surface area contributed by atoms with E-state index in [4.69, 9.17) is 12.2 Å². The number of nitrogens with one attached hydrogen (secondary N) is 2. The minimum Gasteiger partial charge on any atom is -0.318 e. The topological polar surface area (TPSA) is 66.4 Å². The lowest BCUT2D eigenvalue weighted by molar-refractivity contribution is -0.138. The summed E-state index contributed by atoms with van der Waals surface area (Å²) in [6.45, 7) is 3.43. The predicted molar refractivity (Wildman–Crippen MR) is 74.0 cm³/mol. The van der Waals surface area contributed by atoms with Gasteiger partial charge in [0.25, 0.3) is 5.91 Å². The Balaban J connectivity index is 2.26. The quantitative estimate of drug-likeness (QED) is 0.777. The molecule has 1 aromatic rings. The van der Waals surface area contributed by atoms with E-state index in [0.717, 1.165) is 18.5 Å². The third-order valence-electron chi connectivity index (χ3n) is 2.78. The summed E-state index contributed by atoms with van der Waals surface area (Å²) in [6.07, 6.45) is -2.81. The van der Waals surface area contributed by atoms with Crippen molar-refractivity contribution >= 4 is 29.1 Å². The van der Waals surface area contributed by atoms with Crippen LogP contribution in [-0.2, 0) is 6.18 Å². The highest BCUT2D eigenvalue weighted by atomic mass is 32.1. The molecule has 0 radical (unpaired) electrons. The summed E-state index contributed by atoms with van der Waals surface area (Å²) in [5.74, 6) is -0.936. The van der Waals surface area contributed by atoms with Crippen LogP contribution in [0.3, 0.4) is 0 Å². The Bertz CT molecular complexity index is 640. The zero-order valence-electron chi connectivity index (χ0n) is 11.1. The molecule has 0 saturated carbocycles. The fourth-order valence-electron chi connectivity index (χ4n) is 1.68. The van der Waals surface area contributed by atoms with Gasteiger partial charge in [-0.1, -0.05) is 12.2 Å². The number of aliphatic imine (C=N–C) groups is 1. The van der Waals surface area contributed by atoms with Crippen LogP contribution in [0.1, 0.15) is 29.8 Å². The Morgan fingerprint density at radius 2 is 2.10 bits per heavy atom. The molecule has 2 N–H and O–H groups in total. The number of alkyl halides is 3. The SMILES string of the molecule is CC1(C)N=C(NC(=O)c2cnccc2C(F)(F)F)NC1=S. The van der Waals surface area contributed by atoms with Gasteiger partial charge in [0, 0.05) is 12.4 Å². The molecule has 2 heterocycles. The molecule has 0 bridgehead atoms.